The van der Waals surface area contributed by atoms with Crippen LogP contribution in [0.2, 0.25) is 0 Å². The lowest BCUT2D eigenvalue weighted by Crippen LogP contribution is -2.26. The Labute approximate surface area is 181 Å². The summed E-state index contributed by atoms with van der Waals surface area (Å²) in [5.74, 6) is 0. The zero-order valence-corrected chi connectivity index (χ0v) is 18.0. The van der Waals surface area contributed by atoms with Gasteiger partial charge in [-0.3, -0.25) is 4.98 Å². The summed E-state index contributed by atoms with van der Waals surface area (Å²) < 4.78 is 43.6. The van der Waals surface area contributed by atoms with Crippen molar-refractivity contribution < 1.29 is 13.3 Å². The van der Waals surface area contributed by atoms with Crippen LogP contribution < -0.4 is 5.30 Å². The molecule has 0 unspecified atom stereocenters. The van der Waals surface area contributed by atoms with Crippen molar-refractivity contribution in [1.29, 1.82) is 0 Å². The summed E-state index contributed by atoms with van der Waals surface area (Å²) in [6, 6.07) is 11.1. The van der Waals surface area contributed by atoms with E-state index in [1.54, 1.807) is 55.9 Å². The first kappa shape index (κ1) is 20.3. The second-order valence-corrected chi connectivity index (χ2v) is 11.0. The monoisotopic (exact) mass is 450 g/mol. The summed E-state index contributed by atoms with van der Waals surface area (Å²) in [6.07, 6.45) is 3.06. The van der Waals surface area contributed by atoms with Gasteiger partial charge in [-0.1, -0.05) is 35.5 Å². The highest BCUT2D eigenvalue weighted by Gasteiger charge is 2.38. The predicted molar refractivity (Wildman–Crippen MR) is 119 cm³/mol. The molecule has 5 aromatic rings. The molecule has 0 aliphatic heterocycles. The smallest absolute Gasteiger partial charge is 0.319 e. The average Bonchev–Trinajstić information content (AvgIpc) is 3.22. The van der Waals surface area contributed by atoms with Gasteiger partial charge >= 0.3 is 6.05 Å². The highest BCUT2D eigenvalue weighted by molar-refractivity contribution is 7.70. The number of aromatic nitrogens is 6. The van der Waals surface area contributed by atoms with E-state index in [0.29, 0.717) is 26.8 Å². The molecule has 32 heavy (non-hydrogen) atoms. The third kappa shape index (κ3) is 3.44. The van der Waals surface area contributed by atoms with Crippen LogP contribution >= 0.6 is 7.14 Å². The van der Waals surface area contributed by atoms with Crippen molar-refractivity contribution in [3.05, 3.63) is 72.6 Å². The Kier molecular flexibility index (Phi) is 4.60. The Hall–Kier alpha value is -3.58. The van der Waals surface area contributed by atoms with Gasteiger partial charge in [0.1, 0.15) is 7.14 Å². The van der Waals surface area contributed by atoms with E-state index in [1.165, 1.54) is 24.4 Å². The number of alkyl halides is 2. The largest absolute Gasteiger partial charge is 0.373 e. The lowest BCUT2D eigenvalue weighted by atomic mass is 10.1. The molecule has 0 bridgehead atoms. The second kappa shape index (κ2) is 7.24. The molecule has 0 atom stereocenters. The van der Waals surface area contributed by atoms with Crippen LogP contribution in [0, 0.1) is 0 Å². The summed E-state index contributed by atoms with van der Waals surface area (Å²) in [5.41, 5.74) is 1.27. The predicted octanol–water partition coefficient (Wildman–Crippen LogP) is 4.28. The number of pyridine rings is 1. The fourth-order valence-electron chi connectivity index (χ4n) is 3.42. The van der Waals surface area contributed by atoms with Gasteiger partial charge in [-0.05, 0) is 37.6 Å². The standard InChI is InChI=1S/C22H17F2N6OP/c1-32(2,31)17-8-5-14(6-9-17)19-13-26-20-21(27-19)30(29-28-20)22(23,24)16-7-10-18-15(12-16)4-3-11-25-18/h3-13H,1-2H3. The van der Waals surface area contributed by atoms with Crippen molar-refractivity contribution in [3.63, 3.8) is 0 Å². The minimum absolute atomic E-state index is 0.0131. The zero-order chi connectivity index (χ0) is 22.5. The van der Waals surface area contributed by atoms with Crippen LogP contribution in [0.3, 0.4) is 0 Å². The Morgan fingerprint density at radius 1 is 1.00 bits per heavy atom. The van der Waals surface area contributed by atoms with Crippen LogP contribution in [-0.2, 0) is 10.6 Å². The quantitative estimate of drug-likeness (QED) is 0.380. The van der Waals surface area contributed by atoms with Crippen LogP contribution in [0.4, 0.5) is 8.78 Å². The first-order chi connectivity index (χ1) is 15.2. The first-order valence-electron chi connectivity index (χ1n) is 9.71. The fraction of sp³-hybridized carbons (Fsp3) is 0.136. The Morgan fingerprint density at radius 3 is 2.53 bits per heavy atom. The van der Waals surface area contributed by atoms with Crippen molar-refractivity contribution in [2.24, 2.45) is 0 Å². The van der Waals surface area contributed by atoms with Gasteiger partial charge in [0.25, 0.3) is 0 Å². The molecule has 0 aliphatic carbocycles. The van der Waals surface area contributed by atoms with Crippen LogP contribution in [0.25, 0.3) is 33.5 Å². The summed E-state index contributed by atoms with van der Waals surface area (Å²) in [5, 5.41) is 8.72. The van der Waals surface area contributed by atoms with Gasteiger partial charge in [-0.25, -0.2) is 9.97 Å². The number of hydrogen-bond acceptors (Lipinski definition) is 6. The van der Waals surface area contributed by atoms with E-state index in [0.717, 1.165) is 5.30 Å². The van der Waals surface area contributed by atoms with E-state index >= 15 is 8.78 Å². The first-order valence-corrected chi connectivity index (χ1v) is 12.3. The summed E-state index contributed by atoms with van der Waals surface area (Å²) >= 11 is 0. The summed E-state index contributed by atoms with van der Waals surface area (Å²) in [7, 11) is -2.40. The third-order valence-electron chi connectivity index (χ3n) is 5.17. The summed E-state index contributed by atoms with van der Waals surface area (Å²) in [4.78, 5) is 12.7. The van der Waals surface area contributed by atoms with E-state index in [9.17, 15) is 4.57 Å². The van der Waals surface area contributed by atoms with Gasteiger partial charge in [0.2, 0.25) is 11.3 Å². The normalized spacial score (nSPS) is 12.5. The Balaban J connectivity index is 1.59. The highest BCUT2D eigenvalue weighted by Crippen LogP contribution is 2.35. The lowest BCUT2D eigenvalue weighted by molar-refractivity contribution is -0.0458. The van der Waals surface area contributed by atoms with Gasteiger partial charge in [0.15, 0.2) is 0 Å². The van der Waals surface area contributed by atoms with E-state index in [4.69, 9.17) is 0 Å². The third-order valence-corrected chi connectivity index (χ3v) is 6.71. The molecule has 0 radical (unpaired) electrons. The number of rotatable bonds is 4. The highest BCUT2D eigenvalue weighted by atomic mass is 31.2. The molecule has 2 aromatic carbocycles. The molecule has 10 heteroatoms. The van der Waals surface area contributed by atoms with Crippen LogP contribution in [-0.4, -0.2) is 43.3 Å². The van der Waals surface area contributed by atoms with Crippen molar-refractivity contribution in [3.8, 4) is 11.3 Å². The second-order valence-electron chi connectivity index (χ2n) is 7.75. The van der Waals surface area contributed by atoms with E-state index < -0.39 is 13.2 Å². The van der Waals surface area contributed by atoms with E-state index in [1.807, 2.05) is 0 Å². The minimum atomic E-state index is -3.51. The SMILES string of the molecule is CP(C)(=O)c1ccc(-c2cnc3nnn(C(F)(F)c4ccc5ncccc5c4)c3n2)cc1. The zero-order valence-electron chi connectivity index (χ0n) is 17.1. The maximum Gasteiger partial charge on any atom is 0.373 e. The number of nitrogens with zero attached hydrogens (tertiary/aromatic N) is 6. The maximum absolute atomic E-state index is 15.4. The fourth-order valence-corrected chi connectivity index (χ4v) is 4.29. The van der Waals surface area contributed by atoms with Crippen molar-refractivity contribution in [2.45, 2.75) is 6.05 Å². The molecule has 0 fully saturated rings. The lowest BCUT2D eigenvalue weighted by Gasteiger charge is -2.17. The molecule has 0 saturated carbocycles. The molecule has 0 N–H and O–H groups in total. The van der Waals surface area contributed by atoms with E-state index in [-0.39, 0.29) is 16.9 Å². The van der Waals surface area contributed by atoms with Gasteiger partial charge < -0.3 is 4.57 Å². The molecule has 0 saturated heterocycles. The van der Waals surface area contributed by atoms with Gasteiger partial charge in [0.05, 0.1) is 17.4 Å². The van der Waals surface area contributed by atoms with Gasteiger partial charge in [0, 0.05) is 28.0 Å². The molecule has 5 rings (SSSR count). The molecule has 160 valence electrons. The number of benzene rings is 2. The molecule has 0 aliphatic rings. The van der Waals surface area contributed by atoms with Crippen molar-refractivity contribution in [1.82, 2.24) is 29.9 Å². The molecule has 7 nitrogen and oxygen atoms in total. The van der Waals surface area contributed by atoms with Crippen molar-refractivity contribution >= 4 is 34.6 Å². The number of hydrogen-bond donors (Lipinski definition) is 0. The number of fused-ring (bicyclic) bond motifs is 2. The molecule has 3 aromatic heterocycles. The molecular formula is C22H17F2N6OP. The van der Waals surface area contributed by atoms with Crippen LogP contribution in [0.1, 0.15) is 5.56 Å². The topological polar surface area (TPSA) is 86.5 Å². The molecule has 0 spiro atoms. The molecule has 3 heterocycles. The molecular weight excluding hydrogens is 433 g/mol. The minimum Gasteiger partial charge on any atom is -0.319 e. The van der Waals surface area contributed by atoms with E-state index in [2.05, 4.69) is 25.3 Å². The maximum atomic E-state index is 15.4. The Morgan fingerprint density at radius 2 is 1.78 bits per heavy atom. The average molecular weight is 450 g/mol. The van der Waals surface area contributed by atoms with Crippen LogP contribution in [0.5, 0.6) is 0 Å². The number of halogens is 2. The van der Waals surface area contributed by atoms with Gasteiger partial charge in [-0.15, -0.1) is 5.10 Å². The Bertz CT molecular complexity index is 1510. The van der Waals surface area contributed by atoms with Crippen LogP contribution in [0.15, 0.2) is 67.0 Å². The molecule has 0 amide bonds. The van der Waals surface area contributed by atoms with Crippen molar-refractivity contribution in [2.75, 3.05) is 13.3 Å². The summed E-state index contributed by atoms with van der Waals surface area (Å²) in [6.45, 7) is 3.37. The van der Waals surface area contributed by atoms with Gasteiger partial charge in [-0.2, -0.15) is 13.5 Å².